The molecule has 0 atom stereocenters. The number of fused-ring (bicyclic) bond motifs is 1. The second-order valence-corrected chi connectivity index (χ2v) is 7.12. The Balaban J connectivity index is 1.60. The van der Waals surface area contributed by atoms with Crippen LogP contribution in [0.2, 0.25) is 5.02 Å². The molecule has 4 aromatic rings. The summed E-state index contributed by atoms with van der Waals surface area (Å²) in [7, 11) is 0. The van der Waals surface area contributed by atoms with E-state index >= 15 is 0 Å². The van der Waals surface area contributed by atoms with Crippen molar-refractivity contribution < 1.29 is 4.79 Å². The Kier molecular flexibility index (Phi) is 4.74. The van der Waals surface area contributed by atoms with Gasteiger partial charge in [0.15, 0.2) is 5.78 Å². The highest BCUT2D eigenvalue weighted by atomic mass is 35.5. The molecule has 132 valence electrons. The van der Waals surface area contributed by atoms with Crippen molar-refractivity contribution in [2.24, 2.45) is 0 Å². The van der Waals surface area contributed by atoms with Crippen LogP contribution in [-0.2, 0) is 6.42 Å². The van der Waals surface area contributed by atoms with Gasteiger partial charge in [0.05, 0.1) is 11.9 Å². The third-order valence-electron chi connectivity index (χ3n) is 4.62. The summed E-state index contributed by atoms with van der Waals surface area (Å²) in [5.41, 5.74) is 5.85. The van der Waals surface area contributed by atoms with Crippen LogP contribution >= 0.6 is 11.6 Å². The molecule has 0 bridgehead atoms. The number of hydrogen-bond donors (Lipinski definition) is 0. The summed E-state index contributed by atoms with van der Waals surface area (Å²) in [6.07, 6.45) is 0.260. The fourth-order valence-corrected chi connectivity index (χ4v) is 3.31. The lowest BCUT2D eigenvalue weighted by Gasteiger charge is -2.07. The van der Waals surface area contributed by atoms with Gasteiger partial charge in [-0.2, -0.15) is 0 Å². The molecule has 0 radical (unpaired) electrons. The second kappa shape index (κ2) is 7.34. The summed E-state index contributed by atoms with van der Waals surface area (Å²) >= 11 is 5.98. The maximum absolute atomic E-state index is 12.5. The molecule has 0 amide bonds. The van der Waals surface area contributed by atoms with E-state index in [0.29, 0.717) is 10.6 Å². The van der Waals surface area contributed by atoms with Crippen LogP contribution in [0.15, 0.2) is 78.9 Å². The molecule has 2 nitrogen and oxygen atoms in total. The van der Waals surface area contributed by atoms with E-state index < -0.39 is 0 Å². The highest BCUT2D eigenvalue weighted by molar-refractivity contribution is 6.31. The number of halogens is 1. The van der Waals surface area contributed by atoms with Crippen LogP contribution in [0.1, 0.15) is 21.6 Å². The van der Waals surface area contributed by atoms with Crippen molar-refractivity contribution in [2.45, 2.75) is 13.3 Å². The number of carbonyl (C=O) groups is 1. The molecule has 27 heavy (non-hydrogen) atoms. The Morgan fingerprint density at radius 1 is 0.889 bits per heavy atom. The number of benzene rings is 3. The maximum Gasteiger partial charge on any atom is 0.168 e. The second-order valence-electron chi connectivity index (χ2n) is 6.69. The molecular weight excluding hydrogens is 354 g/mol. The largest absolute Gasteiger partial charge is 0.294 e. The van der Waals surface area contributed by atoms with E-state index in [9.17, 15) is 4.79 Å². The zero-order chi connectivity index (χ0) is 18.8. The summed E-state index contributed by atoms with van der Waals surface area (Å²) in [5.74, 6) is 0.0145. The van der Waals surface area contributed by atoms with Crippen molar-refractivity contribution in [3.05, 3.63) is 101 Å². The van der Waals surface area contributed by atoms with Gasteiger partial charge in [0, 0.05) is 21.7 Å². The highest BCUT2D eigenvalue weighted by Gasteiger charge is 2.09. The fraction of sp³-hybridized carbons (Fsp3) is 0.0833. The third kappa shape index (κ3) is 3.91. The van der Waals surface area contributed by atoms with Crippen LogP contribution in [0, 0.1) is 6.92 Å². The zero-order valence-electron chi connectivity index (χ0n) is 14.9. The predicted octanol–water partition coefficient (Wildman–Crippen LogP) is 6.29. The van der Waals surface area contributed by atoms with Crippen LogP contribution < -0.4 is 0 Å². The lowest BCUT2D eigenvalue weighted by molar-refractivity contribution is 0.0992. The Bertz CT molecular complexity index is 1130. The topological polar surface area (TPSA) is 30.0 Å². The number of hydrogen-bond acceptors (Lipinski definition) is 2. The SMILES string of the molecule is Cc1ccc(-c2ccc3nc(CC(=O)c4cccc(Cl)c4)ccc3c2)cc1. The Labute approximate surface area is 163 Å². The summed E-state index contributed by atoms with van der Waals surface area (Å²) in [4.78, 5) is 17.1. The van der Waals surface area contributed by atoms with Gasteiger partial charge in [0.1, 0.15) is 0 Å². The van der Waals surface area contributed by atoms with E-state index in [0.717, 1.165) is 22.2 Å². The highest BCUT2D eigenvalue weighted by Crippen LogP contribution is 2.24. The number of pyridine rings is 1. The van der Waals surface area contributed by atoms with E-state index in [1.165, 1.54) is 11.1 Å². The smallest absolute Gasteiger partial charge is 0.168 e. The minimum absolute atomic E-state index is 0.0145. The molecule has 0 saturated carbocycles. The molecule has 0 N–H and O–H groups in total. The van der Waals surface area contributed by atoms with E-state index in [1.807, 2.05) is 18.2 Å². The molecule has 0 unspecified atom stereocenters. The van der Waals surface area contributed by atoms with Crippen LogP contribution in [0.4, 0.5) is 0 Å². The van der Waals surface area contributed by atoms with E-state index in [2.05, 4.69) is 48.3 Å². The van der Waals surface area contributed by atoms with Crippen LogP contribution in [0.3, 0.4) is 0 Å². The number of Topliss-reactive ketones (excluding diaryl/α,β-unsaturated/α-hetero) is 1. The molecule has 0 fully saturated rings. The summed E-state index contributed by atoms with van der Waals surface area (Å²) in [5, 5.41) is 1.63. The molecular formula is C24H18ClNO. The summed E-state index contributed by atoms with van der Waals surface area (Å²) in [6, 6.07) is 25.7. The molecule has 1 aromatic heterocycles. The minimum atomic E-state index is 0.0145. The first-order valence-corrected chi connectivity index (χ1v) is 9.22. The van der Waals surface area contributed by atoms with Gasteiger partial charge < -0.3 is 0 Å². The first-order chi connectivity index (χ1) is 13.1. The predicted molar refractivity (Wildman–Crippen MR) is 111 cm³/mol. The lowest BCUT2D eigenvalue weighted by atomic mass is 10.0. The number of nitrogens with zero attached hydrogens (tertiary/aromatic N) is 1. The van der Waals surface area contributed by atoms with Crippen molar-refractivity contribution in [1.82, 2.24) is 4.98 Å². The first kappa shape index (κ1) is 17.4. The normalized spacial score (nSPS) is 10.9. The van der Waals surface area contributed by atoms with Gasteiger partial charge in [-0.3, -0.25) is 9.78 Å². The number of carbonyl (C=O) groups excluding carboxylic acids is 1. The average molecular weight is 372 g/mol. The van der Waals surface area contributed by atoms with Crippen LogP contribution in [-0.4, -0.2) is 10.8 Å². The molecule has 0 aliphatic rings. The number of aromatic nitrogens is 1. The molecule has 0 spiro atoms. The monoisotopic (exact) mass is 371 g/mol. The van der Waals surface area contributed by atoms with Gasteiger partial charge in [0.25, 0.3) is 0 Å². The van der Waals surface area contributed by atoms with Crippen molar-refractivity contribution in [2.75, 3.05) is 0 Å². The van der Waals surface area contributed by atoms with Crippen LogP contribution in [0.5, 0.6) is 0 Å². The summed E-state index contributed by atoms with van der Waals surface area (Å²) < 4.78 is 0. The van der Waals surface area contributed by atoms with E-state index in [4.69, 9.17) is 11.6 Å². The Hall–Kier alpha value is -2.97. The van der Waals surface area contributed by atoms with Gasteiger partial charge in [-0.05, 0) is 48.4 Å². The standard InChI is InChI=1S/C24H18ClNO/c1-16-5-7-17(8-6-16)18-10-12-23-19(13-18)9-11-22(26-23)15-24(27)20-3-2-4-21(25)14-20/h2-14H,15H2,1H3. The minimum Gasteiger partial charge on any atom is -0.294 e. The quantitative estimate of drug-likeness (QED) is 0.394. The third-order valence-corrected chi connectivity index (χ3v) is 4.86. The van der Waals surface area contributed by atoms with Crippen LogP contribution in [0.25, 0.3) is 22.0 Å². The van der Waals surface area contributed by atoms with Gasteiger partial charge in [-0.1, -0.05) is 65.7 Å². The Morgan fingerprint density at radius 2 is 1.67 bits per heavy atom. The first-order valence-electron chi connectivity index (χ1n) is 8.84. The molecule has 3 aromatic carbocycles. The fourth-order valence-electron chi connectivity index (χ4n) is 3.12. The maximum atomic E-state index is 12.5. The Morgan fingerprint density at radius 3 is 2.44 bits per heavy atom. The van der Waals surface area contributed by atoms with Crippen molar-refractivity contribution >= 4 is 28.3 Å². The van der Waals surface area contributed by atoms with Gasteiger partial charge in [-0.15, -0.1) is 0 Å². The molecule has 4 rings (SSSR count). The number of rotatable bonds is 4. The van der Waals surface area contributed by atoms with Crippen molar-refractivity contribution in [1.29, 1.82) is 0 Å². The lowest BCUT2D eigenvalue weighted by Crippen LogP contribution is -2.05. The van der Waals surface area contributed by atoms with Gasteiger partial charge >= 0.3 is 0 Å². The summed E-state index contributed by atoms with van der Waals surface area (Å²) in [6.45, 7) is 2.08. The number of aryl methyl sites for hydroxylation is 1. The molecule has 0 aliphatic carbocycles. The van der Waals surface area contributed by atoms with E-state index in [-0.39, 0.29) is 12.2 Å². The molecule has 0 saturated heterocycles. The van der Waals surface area contributed by atoms with E-state index in [1.54, 1.807) is 24.3 Å². The van der Waals surface area contributed by atoms with Gasteiger partial charge in [0.2, 0.25) is 0 Å². The molecule has 0 aliphatic heterocycles. The molecule has 1 heterocycles. The van der Waals surface area contributed by atoms with Gasteiger partial charge in [-0.25, -0.2) is 0 Å². The molecule has 3 heteroatoms. The average Bonchev–Trinajstić information content (AvgIpc) is 2.68. The number of ketones is 1. The zero-order valence-corrected chi connectivity index (χ0v) is 15.7. The van der Waals surface area contributed by atoms with Crippen molar-refractivity contribution in [3.63, 3.8) is 0 Å². The van der Waals surface area contributed by atoms with Crippen molar-refractivity contribution in [3.8, 4) is 11.1 Å².